The normalized spacial score (nSPS) is 15.7. The standard InChI is InChI=1S/C16H27NO3/c1-4-9-17-16(3,12-19)10-13(2)20-15-7-5-14(11-18)6-8-15/h5-8,13,17-19H,4,9-12H2,1-3H3. The van der Waals surface area contributed by atoms with Gasteiger partial charge in [-0.15, -0.1) is 0 Å². The molecule has 0 saturated heterocycles. The zero-order valence-electron chi connectivity index (χ0n) is 12.7. The van der Waals surface area contributed by atoms with Gasteiger partial charge in [0.15, 0.2) is 0 Å². The van der Waals surface area contributed by atoms with Crippen LogP contribution in [0, 0.1) is 0 Å². The number of benzene rings is 1. The number of nitrogens with one attached hydrogen (secondary N) is 1. The van der Waals surface area contributed by atoms with E-state index in [-0.39, 0.29) is 24.9 Å². The van der Waals surface area contributed by atoms with E-state index < -0.39 is 0 Å². The highest BCUT2D eigenvalue weighted by Crippen LogP contribution is 2.19. The molecule has 0 spiro atoms. The Morgan fingerprint density at radius 3 is 2.40 bits per heavy atom. The van der Waals surface area contributed by atoms with Crippen LogP contribution in [0.2, 0.25) is 0 Å². The summed E-state index contributed by atoms with van der Waals surface area (Å²) in [5, 5.41) is 21.9. The van der Waals surface area contributed by atoms with E-state index in [1.807, 2.05) is 38.1 Å². The number of ether oxygens (including phenoxy) is 1. The predicted octanol–water partition coefficient (Wildman–Crippen LogP) is 2.09. The van der Waals surface area contributed by atoms with Gasteiger partial charge in [-0.2, -0.15) is 0 Å². The molecule has 0 aliphatic rings. The molecule has 1 aromatic rings. The molecule has 0 saturated carbocycles. The molecule has 0 aliphatic carbocycles. The Bertz CT molecular complexity index is 380. The average molecular weight is 281 g/mol. The van der Waals surface area contributed by atoms with Crippen LogP contribution in [-0.2, 0) is 6.61 Å². The maximum atomic E-state index is 9.55. The van der Waals surface area contributed by atoms with Gasteiger partial charge in [-0.25, -0.2) is 0 Å². The van der Waals surface area contributed by atoms with E-state index in [0.717, 1.165) is 30.7 Å². The number of hydrogen-bond donors (Lipinski definition) is 3. The second-order valence-electron chi connectivity index (χ2n) is 5.58. The van der Waals surface area contributed by atoms with Gasteiger partial charge in [-0.3, -0.25) is 0 Å². The van der Waals surface area contributed by atoms with Crippen LogP contribution in [0.25, 0.3) is 0 Å². The quantitative estimate of drug-likeness (QED) is 0.648. The largest absolute Gasteiger partial charge is 0.491 e. The van der Waals surface area contributed by atoms with Gasteiger partial charge in [0, 0.05) is 12.0 Å². The third kappa shape index (κ3) is 5.49. The van der Waals surface area contributed by atoms with E-state index in [1.165, 1.54) is 0 Å². The SMILES string of the molecule is CCCNC(C)(CO)CC(C)Oc1ccc(CO)cc1. The lowest BCUT2D eigenvalue weighted by molar-refractivity contribution is 0.110. The summed E-state index contributed by atoms with van der Waals surface area (Å²) in [6.45, 7) is 7.13. The van der Waals surface area contributed by atoms with Gasteiger partial charge in [0.05, 0.1) is 19.3 Å². The van der Waals surface area contributed by atoms with Crippen LogP contribution >= 0.6 is 0 Å². The second kappa shape index (κ2) is 8.25. The number of hydrogen-bond acceptors (Lipinski definition) is 4. The Kier molecular flexibility index (Phi) is 6.99. The Balaban J connectivity index is 2.53. The first kappa shape index (κ1) is 17.0. The van der Waals surface area contributed by atoms with Crippen LogP contribution in [0.3, 0.4) is 0 Å². The first-order valence-corrected chi connectivity index (χ1v) is 7.25. The van der Waals surface area contributed by atoms with Gasteiger partial charge < -0.3 is 20.3 Å². The molecule has 0 radical (unpaired) electrons. The molecular weight excluding hydrogens is 254 g/mol. The van der Waals surface area contributed by atoms with Gasteiger partial charge >= 0.3 is 0 Å². The van der Waals surface area contributed by atoms with Crippen molar-refractivity contribution in [2.75, 3.05) is 13.2 Å². The summed E-state index contributed by atoms with van der Waals surface area (Å²) in [6.07, 6.45) is 1.76. The van der Waals surface area contributed by atoms with Crippen LogP contribution in [0.1, 0.15) is 39.2 Å². The van der Waals surface area contributed by atoms with Crippen LogP contribution in [0.15, 0.2) is 24.3 Å². The number of rotatable bonds is 9. The molecule has 0 heterocycles. The minimum atomic E-state index is -0.319. The van der Waals surface area contributed by atoms with Crippen molar-refractivity contribution in [3.63, 3.8) is 0 Å². The highest BCUT2D eigenvalue weighted by Gasteiger charge is 2.25. The first-order valence-electron chi connectivity index (χ1n) is 7.25. The molecule has 0 aromatic heterocycles. The summed E-state index contributed by atoms with van der Waals surface area (Å²) < 4.78 is 5.86. The van der Waals surface area contributed by atoms with E-state index in [1.54, 1.807) is 0 Å². The van der Waals surface area contributed by atoms with Gasteiger partial charge in [0.1, 0.15) is 5.75 Å². The van der Waals surface area contributed by atoms with Crippen molar-refractivity contribution >= 4 is 0 Å². The summed E-state index contributed by atoms with van der Waals surface area (Å²) >= 11 is 0. The van der Waals surface area contributed by atoms with Crippen molar-refractivity contribution in [3.05, 3.63) is 29.8 Å². The zero-order chi connectivity index (χ0) is 15.0. The Hall–Kier alpha value is -1.10. The van der Waals surface area contributed by atoms with Gasteiger partial charge in [-0.05, 0) is 44.5 Å². The Morgan fingerprint density at radius 1 is 1.25 bits per heavy atom. The minimum absolute atomic E-state index is 0.00326. The topological polar surface area (TPSA) is 61.7 Å². The van der Waals surface area contributed by atoms with Crippen LogP contribution in [-0.4, -0.2) is 35.0 Å². The second-order valence-corrected chi connectivity index (χ2v) is 5.58. The number of aliphatic hydroxyl groups is 2. The van der Waals surface area contributed by atoms with Gasteiger partial charge in [0.25, 0.3) is 0 Å². The van der Waals surface area contributed by atoms with Gasteiger partial charge in [0.2, 0.25) is 0 Å². The lowest BCUT2D eigenvalue weighted by atomic mass is 9.95. The third-order valence-corrected chi connectivity index (χ3v) is 3.33. The molecule has 1 aromatic carbocycles. The molecule has 0 aliphatic heterocycles. The molecule has 3 N–H and O–H groups in total. The highest BCUT2D eigenvalue weighted by atomic mass is 16.5. The smallest absolute Gasteiger partial charge is 0.119 e. The number of aliphatic hydroxyl groups excluding tert-OH is 2. The Morgan fingerprint density at radius 2 is 1.90 bits per heavy atom. The molecule has 0 amide bonds. The van der Waals surface area contributed by atoms with Crippen LogP contribution < -0.4 is 10.1 Å². The summed E-state index contributed by atoms with van der Waals surface area (Å²) in [4.78, 5) is 0. The van der Waals surface area contributed by atoms with Crippen molar-refractivity contribution in [1.82, 2.24) is 5.32 Å². The van der Waals surface area contributed by atoms with Crippen molar-refractivity contribution < 1.29 is 14.9 Å². The fourth-order valence-corrected chi connectivity index (χ4v) is 2.20. The van der Waals surface area contributed by atoms with Crippen LogP contribution in [0.4, 0.5) is 0 Å². The molecular formula is C16H27NO3. The summed E-state index contributed by atoms with van der Waals surface area (Å²) in [7, 11) is 0. The van der Waals surface area contributed by atoms with Crippen molar-refractivity contribution in [2.24, 2.45) is 0 Å². The van der Waals surface area contributed by atoms with E-state index in [9.17, 15) is 5.11 Å². The van der Waals surface area contributed by atoms with Crippen molar-refractivity contribution in [3.8, 4) is 5.75 Å². The zero-order valence-corrected chi connectivity index (χ0v) is 12.7. The predicted molar refractivity (Wildman–Crippen MR) is 80.9 cm³/mol. The lowest BCUT2D eigenvalue weighted by Crippen LogP contribution is -2.48. The molecule has 1 rings (SSSR count). The molecule has 114 valence electrons. The van der Waals surface area contributed by atoms with Crippen molar-refractivity contribution in [2.45, 2.75) is 51.9 Å². The molecule has 4 nitrogen and oxygen atoms in total. The Labute approximate surface area is 121 Å². The maximum absolute atomic E-state index is 9.55. The lowest BCUT2D eigenvalue weighted by Gasteiger charge is -2.31. The van der Waals surface area contributed by atoms with E-state index in [2.05, 4.69) is 12.2 Å². The summed E-state index contributed by atoms with van der Waals surface area (Å²) in [5.41, 5.74) is 0.551. The summed E-state index contributed by atoms with van der Waals surface area (Å²) in [5.74, 6) is 0.783. The maximum Gasteiger partial charge on any atom is 0.119 e. The first-order chi connectivity index (χ1) is 9.53. The van der Waals surface area contributed by atoms with E-state index in [4.69, 9.17) is 9.84 Å². The fraction of sp³-hybridized carbons (Fsp3) is 0.625. The molecule has 2 unspecified atom stereocenters. The third-order valence-electron chi connectivity index (χ3n) is 3.33. The molecule has 2 atom stereocenters. The minimum Gasteiger partial charge on any atom is -0.491 e. The molecule has 0 bridgehead atoms. The molecule has 4 heteroatoms. The molecule has 20 heavy (non-hydrogen) atoms. The van der Waals surface area contributed by atoms with Crippen LogP contribution in [0.5, 0.6) is 5.75 Å². The molecule has 0 fully saturated rings. The fourth-order valence-electron chi connectivity index (χ4n) is 2.20. The van der Waals surface area contributed by atoms with Crippen molar-refractivity contribution in [1.29, 1.82) is 0 Å². The summed E-state index contributed by atoms with van der Waals surface area (Å²) in [6, 6.07) is 7.42. The monoisotopic (exact) mass is 281 g/mol. The van der Waals surface area contributed by atoms with E-state index in [0.29, 0.717) is 0 Å². The van der Waals surface area contributed by atoms with Gasteiger partial charge in [-0.1, -0.05) is 19.1 Å². The van der Waals surface area contributed by atoms with E-state index >= 15 is 0 Å². The average Bonchev–Trinajstić information content (AvgIpc) is 2.46. The highest BCUT2D eigenvalue weighted by molar-refractivity contribution is 5.27.